The highest BCUT2D eigenvalue weighted by molar-refractivity contribution is 7.80. The Hall–Kier alpha value is -4.50. The van der Waals surface area contributed by atoms with Crippen molar-refractivity contribution >= 4 is 66.0 Å². The number of carboxylic acid groups (broad SMARTS) is 3. The van der Waals surface area contributed by atoms with Crippen LogP contribution in [0.2, 0.25) is 0 Å². The van der Waals surface area contributed by atoms with Crippen LogP contribution in [0.25, 0.3) is 0 Å². The van der Waals surface area contributed by atoms with Crippen LogP contribution in [-0.2, 0) is 43.2 Å². The highest BCUT2D eigenvalue weighted by Gasteiger charge is 2.42. The second kappa shape index (κ2) is 21.1. The predicted molar refractivity (Wildman–Crippen MR) is 184 cm³/mol. The van der Waals surface area contributed by atoms with Crippen LogP contribution < -0.4 is 32.3 Å². The lowest BCUT2D eigenvalue weighted by atomic mass is 9.95. The van der Waals surface area contributed by atoms with Crippen molar-refractivity contribution in [3.05, 3.63) is 0 Å². The van der Waals surface area contributed by atoms with Crippen molar-refractivity contribution < 1.29 is 63.6 Å². The molecule has 0 aromatic rings. The predicted octanol–water partition coefficient (Wildman–Crippen LogP) is -3.22. The maximum atomic E-state index is 13.9. The zero-order valence-electron chi connectivity index (χ0n) is 29.7. The molecule has 0 spiro atoms. The summed E-state index contributed by atoms with van der Waals surface area (Å²) in [7, 11) is 0. The van der Waals surface area contributed by atoms with Crippen molar-refractivity contribution in [2.24, 2.45) is 17.6 Å². The Labute approximate surface area is 305 Å². The fourth-order valence-corrected chi connectivity index (χ4v) is 5.40. The summed E-state index contributed by atoms with van der Waals surface area (Å²) in [5.41, 5.74) is 5.59. The third kappa shape index (κ3) is 13.6. The summed E-state index contributed by atoms with van der Waals surface area (Å²) in [6.45, 7) is 7.79. The number of hydrogen-bond acceptors (Lipinski definition) is 12. The molecule has 0 saturated carbocycles. The van der Waals surface area contributed by atoms with Crippen LogP contribution in [0.3, 0.4) is 0 Å². The van der Waals surface area contributed by atoms with Crippen LogP contribution >= 0.6 is 12.6 Å². The van der Waals surface area contributed by atoms with E-state index in [2.05, 4.69) is 39.2 Å². The van der Waals surface area contributed by atoms with Crippen LogP contribution in [0.4, 0.5) is 0 Å². The maximum absolute atomic E-state index is 13.9. The van der Waals surface area contributed by atoms with Gasteiger partial charge in [-0.3, -0.25) is 38.4 Å². The fraction of sp³-hybridized carbons (Fsp3) is 0.710. The molecule has 9 atom stereocenters. The number of carboxylic acids is 3. The van der Waals surface area contributed by atoms with E-state index in [-0.39, 0.29) is 18.7 Å². The zero-order valence-corrected chi connectivity index (χ0v) is 30.6. The van der Waals surface area contributed by atoms with Crippen LogP contribution in [0.1, 0.15) is 66.7 Å². The largest absolute Gasteiger partial charge is 0.481 e. The van der Waals surface area contributed by atoms with Crippen LogP contribution in [0.15, 0.2) is 0 Å². The molecule has 0 aromatic heterocycles. The van der Waals surface area contributed by atoms with Gasteiger partial charge in [-0.15, -0.1) is 0 Å². The Bertz CT molecular complexity index is 1350. The Kier molecular flexibility index (Phi) is 18.5. The molecule has 0 bridgehead atoms. The van der Waals surface area contributed by atoms with Crippen LogP contribution in [-0.4, -0.2) is 139 Å². The second-order valence-electron chi connectivity index (χ2n) is 13.0. The van der Waals surface area contributed by atoms with Gasteiger partial charge in [-0.2, -0.15) is 12.6 Å². The molecule has 1 heterocycles. The lowest BCUT2D eigenvalue weighted by molar-refractivity contribution is -0.148. The molecule has 20 nitrogen and oxygen atoms in total. The summed E-state index contributed by atoms with van der Waals surface area (Å²) < 4.78 is 0. The van der Waals surface area contributed by atoms with Gasteiger partial charge in [0.15, 0.2) is 0 Å². The Morgan fingerprint density at radius 1 is 0.750 bits per heavy atom. The van der Waals surface area contributed by atoms with Gasteiger partial charge in [0.1, 0.15) is 36.3 Å². The molecule has 1 saturated heterocycles. The van der Waals surface area contributed by atoms with E-state index in [4.69, 9.17) is 10.8 Å². The summed E-state index contributed by atoms with van der Waals surface area (Å²) in [6.07, 6.45) is -2.48. The van der Waals surface area contributed by atoms with Crippen molar-refractivity contribution in [3.8, 4) is 0 Å². The first-order valence-electron chi connectivity index (χ1n) is 16.7. The van der Waals surface area contributed by atoms with E-state index in [1.807, 2.05) is 0 Å². The average molecular weight is 762 g/mol. The molecule has 6 amide bonds. The Morgan fingerprint density at radius 2 is 1.27 bits per heavy atom. The molecule has 1 aliphatic rings. The minimum Gasteiger partial charge on any atom is -0.481 e. The highest BCUT2D eigenvalue weighted by Crippen LogP contribution is 2.22. The minimum atomic E-state index is -1.74. The van der Waals surface area contributed by atoms with Gasteiger partial charge in [-0.1, -0.05) is 34.1 Å². The van der Waals surface area contributed by atoms with Crippen molar-refractivity contribution in [2.75, 3.05) is 12.3 Å². The van der Waals surface area contributed by atoms with E-state index in [1.54, 1.807) is 27.7 Å². The number of aliphatic hydroxyl groups is 1. The summed E-state index contributed by atoms with van der Waals surface area (Å²) in [4.78, 5) is 114. The number of nitrogens with two attached hydrogens (primary N) is 1. The van der Waals surface area contributed by atoms with E-state index in [1.165, 1.54) is 4.90 Å². The number of carbonyl (C=O) groups excluding carboxylic acids is 6. The first kappa shape index (κ1) is 45.5. The third-order valence-electron chi connectivity index (χ3n) is 8.46. The lowest BCUT2D eigenvalue weighted by Gasteiger charge is -2.33. The smallest absolute Gasteiger partial charge is 0.326 e. The monoisotopic (exact) mass is 761 g/mol. The van der Waals surface area contributed by atoms with E-state index in [0.717, 1.165) is 6.92 Å². The van der Waals surface area contributed by atoms with E-state index >= 15 is 0 Å². The number of likely N-dealkylation sites (tertiary alicyclic amines) is 1. The van der Waals surface area contributed by atoms with Crippen LogP contribution in [0.5, 0.6) is 0 Å². The Morgan fingerprint density at radius 3 is 1.75 bits per heavy atom. The first-order chi connectivity index (χ1) is 24.2. The van der Waals surface area contributed by atoms with Gasteiger partial charge < -0.3 is 57.6 Å². The molecule has 1 fully saturated rings. The molecular formula is C31H51N7O13S. The number of nitrogens with one attached hydrogen (secondary N) is 5. The molecule has 0 radical (unpaired) electrons. The summed E-state index contributed by atoms with van der Waals surface area (Å²) in [5, 5.41) is 49.6. The number of aliphatic carboxylic acids is 3. The van der Waals surface area contributed by atoms with Gasteiger partial charge >= 0.3 is 17.9 Å². The molecule has 52 heavy (non-hydrogen) atoms. The van der Waals surface area contributed by atoms with Gasteiger partial charge in [-0.05, 0) is 31.6 Å². The fourth-order valence-electron chi connectivity index (χ4n) is 5.23. The number of hydrogen-bond donors (Lipinski definition) is 11. The molecule has 21 heteroatoms. The normalized spacial score (nSPS) is 18.7. The third-order valence-corrected chi connectivity index (χ3v) is 8.86. The van der Waals surface area contributed by atoms with Gasteiger partial charge in [-0.25, -0.2) is 4.79 Å². The molecule has 0 aromatic carbocycles. The first-order valence-corrected chi connectivity index (χ1v) is 17.3. The molecule has 1 rings (SSSR count). The summed E-state index contributed by atoms with van der Waals surface area (Å²) >= 11 is 3.89. The zero-order chi connectivity index (χ0) is 40.0. The van der Waals surface area contributed by atoms with Crippen molar-refractivity contribution in [3.63, 3.8) is 0 Å². The van der Waals surface area contributed by atoms with Crippen molar-refractivity contribution in [1.82, 2.24) is 31.5 Å². The standard InChI is InChI=1S/C31H51N7O13S/c1-6-14(4)23(30(49)38-9-7-8-19(38)27(46)34-18(31(50)51)11-21(42)43)36-28(47)22(13(2)3)35-29(48)24(15(5)39)37-26(45)17(10-20(40)41)33-25(44)16(32)12-52/h13-19,22-24,39,52H,6-12,32H2,1-5H3,(H,33,44)(H,34,46)(H,35,48)(H,36,47)(H,37,45)(H,40,41)(H,42,43)(H,50,51)/t14-,15+,16-,17-,18-,19-,22-,23-,24-/m0/s1. The number of nitrogens with zero attached hydrogens (tertiary/aromatic N) is 1. The van der Waals surface area contributed by atoms with E-state index < -0.39 is 126 Å². The maximum Gasteiger partial charge on any atom is 0.326 e. The molecule has 0 unspecified atom stereocenters. The minimum absolute atomic E-state index is 0.0837. The van der Waals surface area contributed by atoms with E-state index in [0.29, 0.717) is 12.8 Å². The molecule has 0 aliphatic carbocycles. The second-order valence-corrected chi connectivity index (χ2v) is 13.3. The highest BCUT2D eigenvalue weighted by atomic mass is 32.1. The Balaban J connectivity index is 3.23. The van der Waals surface area contributed by atoms with E-state index in [9.17, 15) is 58.5 Å². The SMILES string of the molecule is CC[C@H](C)[C@H](NC(=O)[C@@H](NC(=O)[C@@H](NC(=O)[C@H](CC(=O)O)NC(=O)[C@@H](N)CS)[C@@H](C)O)C(C)C)C(=O)N1CCC[C@H]1C(=O)N[C@@H](CC(=O)O)C(=O)O. The number of amides is 6. The van der Waals surface area contributed by atoms with Gasteiger partial charge in [0.05, 0.1) is 25.0 Å². The van der Waals surface area contributed by atoms with Gasteiger partial charge in [0, 0.05) is 12.3 Å². The topological polar surface area (TPSA) is 324 Å². The summed E-state index contributed by atoms with van der Waals surface area (Å²) in [6, 6.07) is -10.1. The number of thiol groups is 1. The van der Waals surface area contributed by atoms with Crippen LogP contribution in [0, 0.1) is 11.8 Å². The van der Waals surface area contributed by atoms with Gasteiger partial charge in [0.25, 0.3) is 0 Å². The molecule has 1 aliphatic heterocycles. The van der Waals surface area contributed by atoms with Crippen molar-refractivity contribution in [1.29, 1.82) is 0 Å². The van der Waals surface area contributed by atoms with Crippen molar-refractivity contribution in [2.45, 2.75) is 115 Å². The van der Waals surface area contributed by atoms with Gasteiger partial charge in [0.2, 0.25) is 35.4 Å². The number of aliphatic hydroxyl groups excluding tert-OH is 1. The molecule has 11 N–H and O–H groups in total. The lowest BCUT2D eigenvalue weighted by Crippen LogP contribution is -2.63. The number of carbonyl (C=O) groups is 9. The molecule has 294 valence electrons. The molecular weight excluding hydrogens is 710 g/mol. The summed E-state index contributed by atoms with van der Waals surface area (Å²) in [5.74, 6) is -11.2. The average Bonchev–Trinajstić information content (AvgIpc) is 3.56. The quantitative estimate of drug-likeness (QED) is 0.0513. The number of rotatable bonds is 21.